The Balaban J connectivity index is 1.27. The van der Waals surface area contributed by atoms with Gasteiger partial charge in [0.25, 0.3) is 5.91 Å². The van der Waals surface area contributed by atoms with Gasteiger partial charge in [-0.1, -0.05) is 30.3 Å². The first-order valence-electron chi connectivity index (χ1n) is 10.7. The maximum atomic E-state index is 13.2. The summed E-state index contributed by atoms with van der Waals surface area (Å²) in [7, 11) is 0. The van der Waals surface area contributed by atoms with E-state index in [1.54, 1.807) is 18.5 Å². The van der Waals surface area contributed by atoms with E-state index in [0.717, 1.165) is 27.6 Å². The van der Waals surface area contributed by atoms with E-state index < -0.39 is 0 Å². The first-order chi connectivity index (χ1) is 16.1. The van der Waals surface area contributed by atoms with Crippen LogP contribution in [0.25, 0.3) is 21.8 Å². The van der Waals surface area contributed by atoms with Crippen LogP contribution in [-0.2, 0) is 0 Å². The number of piperazine rings is 1. The average molecular weight is 460 g/mol. The number of rotatable bonds is 4. The van der Waals surface area contributed by atoms with Gasteiger partial charge in [0.2, 0.25) is 0 Å². The molecule has 33 heavy (non-hydrogen) atoms. The smallest absolute Gasteiger partial charge is 0.265 e. The number of anilines is 1. The summed E-state index contributed by atoms with van der Waals surface area (Å²) in [4.78, 5) is 31.3. The molecule has 0 aliphatic carbocycles. The van der Waals surface area contributed by atoms with Crippen molar-refractivity contribution in [3.05, 3.63) is 83.4 Å². The van der Waals surface area contributed by atoms with Crippen LogP contribution in [-0.4, -0.2) is 51.9 Å². The second-order valence-electron chi connectivity index (χ2n) is 7.85. The number of hydrogen-bond acceptors (Lipinski definition) is 6. The van der Waals surface area contributed by atoms with Gasteiger partial charge in [0.15, 0.2) is 0 Å². The second kappa shape index (κ2) is 9.07. The van der Waals surface area contributed by atoms with Crippen molar-refractivity contribution in [2.24, 2.45) is 0 Å². The number of amides is 1. The summed E-state index contributed by atoms with van der Waals surface area (Å²) in [5.74, 6) is 0.565. The fraction of sp³-hybridized carbons (Fsp3) is 0.200. The van der Waals surface area contributed by atoms with Crippen LogP contribution in [0.1, 0.15) is 15.4 Å². The molecular formula is C25H22FN5OS. The van der Waals surface area contributed by atoms with Crippen LogP contribution in [0.4, 0.5) is 10.2 Å². The molecule has 1 saturated heterocycles. The SMILES string of the molecule is Cc1nc(-c2ccc(F)cc2)sc1C(=O)N1CCN(c2cc(-c3ccccc3)ncn2)CC1. The van der Waals surface area contributed by atoms with Crippen LogP contribution < -0.4 is 4.90 Å². The third kappa shape index (κ3) is 4.47. The van der Waals surface area contributed by atoms with E-state index in [1.807, 2.05) is 48.2 Å². The minimum Gasteiger partial charge on any atom is -0.353 e. The molecule has 4 aromatic rings. The zero-order valence-corrected chi connectivity index (χ0v) is 18.9. The molecule has 0 spiro atoms. The van der Waals surface area contributed by atoms with Gasteiger partial charge in [-0.15, -0.1) is 11.3 Å². The van der Waals surface area contributed by atoms with Crippen molar-refractivity contribution >= 4 is 23.1 Å². The number of aromatic nitrogens is 3. The molecule has 166 valence electrons. The van der Waals surface area contributed by atoms with Gasteiger partial charge >= 0.3 is 0 Å². The van der Waals surface area contributed by atoms with Gasteiger partial charge in [0.1, 0.15) is 27.8 Å². The monoisotopic (exact) mass is 459 g/mol. The lowest BCUT2D eigenvalue weighted by atomic mass is 10.1. The molecule has 1 amide bonds. The summed E-state index contributed by atoms with van der Waals surface area (Å²) in [6, 6.07) is 18.2. The van der Waals surface area contributed by atoms with Crippen LogP contribution >= 0.6 is 11.3 Å². The topological polar surface area (TPSA) is 62.2 Å². The normalized spacial score (nSPS) is 13.9. The standard InChI is InChI=1S/C25H22FN5OS/c1-17-23(33-24(29-17)19-7-9-20(26)10-8-19)25(32)31-13-11-30(12-14-31)22-15-21(27-16-28-22)18-5-3-2-4-6-18/h2-10,15-16H,11-14H2,1H3. The number of carbonyl (C=O) groups excluding carboxylic acids is 1. The first-order valence-corrected chi connectivity index (χ1v) is 11.6. The van der Waals surface area contributed by atoms with E-state index in [-0.39, 0.29) is 11.7 Å². The predicted molar refractivity (Wildman–Crippen MR) is 128 cm³/mol. The van der Waals surface area contributed by atoms with Crippen molar-refractivity contribution < 1.29 is 9.18 Å². The molecule has 0 N–H and O–H groups in total. The van der Waals surface area contributed by atoms with E-state index in [1.165, 1.54) is 23.5 Å². The number of aryl methyl sites for hydroxylation is 1. The van der Waals surface area contributed by atoms with Gasteiger partial charge in [-0.25, -0.2) is 19.3 Å². The second-order valence-corrected chi connectivity index (χ2v) is 8.85. The Morgan fingerprint density at radius 3 is 2.39 bits per heavy atom. The Morgan fingerprint density at radius 1 is 0.939 bits per heavy atom. The van der Waals surface area contributed by atoms with Crippen LogP contribution in [0.5, 0.6) is 0 Å². The lowest BCUT2D eigenvalue weighted by Gasteiger charge is -2.35. The van der Waals surface area contributed by atoms with E-state index in [4.69, 9.17) is 0 Å². The van der Waals surface area contributed by atoms with Crippen LogP contribution in [0.3, 0.4) is 0 Å². The van der Waals surface area contributed by atoms with E-state index in [2.05, 4.69) is 19.9 Å². The highest BCUT2D eigenvalue weighted by Crippen LogP contribution is 2.29. The Hall–Kier alpha value is -3.65. The highest BCUT2D eigenvalue weighted by molar-refractivity contribution is 7.17. The maximum Gasteiger partial charge on any atom is 0.265 e. The number of carbonyl (C=O) groups is 1. The van der Waals surface area contributed by atoms with Gasteiger partial charge in [-0.05, 0) is 31.2 Å². The summed E-state index contributed by atoms with van der Waals surface area (Å²) in [6.45, 7) is 4.44. The Kier molecular flexibility index (Phi) is 5.83. The first kappa shape index (κ1) is 21.2. The van der Waals surface area contributed by atoms with E-state index >= 15 is 0 Å². The van der Waals surface area contributed by atoms with Gasteiger partial charge in [-0.2, -0.15) is 0 Å². The molecule has 1 fully saturated rings. The molecule has 6 nitrogen and oxygen atoms in total. The third-order valence-electron chi connectivity index (χ3n) is 5.70. The molecule has 8 heteroatoms. The number of thiazole rings is 1. The minimum absolute atomic E-state index is 0.00864. The molecule has 0 saturated carbocycles. The zero-order valence-electron chi connectivity index (χ0n) is 18.1. The van der Waals surface area contributed by atoms with Crippen molar-refractivity contribution in [3.8, 4) is 21.8 Å². The largest absolute Gasteiger partial charge is 0.353 e. The summed E-state index contributed by atoms with van der Waals surface area (Å²) in [5.41, 5.74) is 3.45. The summed E-state index contributed by atoms with van der Waals surface area (Å²) in [6.07, 6.45) is 1.59. The van der Waals surface area contributed by atoms with Gasteiger partial charge in [0, 0.05) is 43.4 Å². The van der Waals surface area contributed by atoms with Crippen LogP contribution in [0, 0.1) is 12.7 Å². The van der Waals surface area contributed by atoms with Crippen molar-refractivity contribution in [1.29, 1.82) is 0 Å². The number of halogens is 1. The van der Waals surface area contributed by atoms with Crippen molar-refractivity contribution in [2.45, 2.75) is 6.92 Å². The molecule has 0 bridgehead atoms. The maximum absolute atomic E-state index is 13.2. The molecule has 0 unspecified atom stereocenters. The Labute approximate surface area is 195 Å². The molecule has 2 aromatic heterocycles. The molecule has 1 aliphatic rings. The molecule has 0 atom stereocenters. The summed E-state index contributed by atoms with van der Waals surface area (Å²) < 4.78 is 13.2. The lowest BCUT2D eigenvalue weighted by molar-refractivity contribution is 0.0750. The fourth-order valence-corrected chi connectivity index (χ4v) is 4.92. The van der Waals surface area contributed by atoms with Crippen LogP contribution in [0.15, 0.2) is 67.0 Å². The van der Waals surface area contributed by atoms with Crippen molar-refractivity contribution in [1.82, 2.24) is 19.9 Å². The average Bonchev–Trinajstić information content (AvgIpc) is 3.26. The molecule has 2 aromatic carbocycles. The number of nitrogens with zero attached hydrogens (tertiary/aromatic N) is 5. The summed E-state index contributed by atoms with van der Waals surface area (Å²) >= 11 is 1.36. The van der Waals surface area contributed by atoms with E-state index in [9.17, 15) is 9.18 Å². The van der Waals surface area contributed by atoms with Crippen molar-refractivity contribution in [3.63, 3.8) is 0 Å². The molecule has 5 rings (SSSR count). The fourth-order valence-electron chi connectivity index (χ4n) is 3.88. The molecule has 1 aliphatic heterocycles. The van der Waals surface area contributed by atoms with Gasteiger partial charge < -0.3 is 9.80 Å². The molecule has 3 heterocycles. The number of benzene rings is 2. The highest BCUT2D eigenvalue weighted by Gasteiger charge is 2.26. The highest BCUT2D eigenvalue weighted by atomic mass is 32.1. The molecule has 0 radical (unpaired) electrons. The minimum atomic E-state index is -0.291. The third-order valence-corrected chi connectivity index (χ3v) is 6.89. The quantitative estimate of drug-likeness (QED) is 0.444. The zero-order chi connectivity index (χ0) is 22.8. The van der Waals surface area contributed by atoms with Crippen LogP contribution in [0.2, 0.25) is 0 Å². The molecular weight excluding hydrogens is 437 g/mol. The predicted octanol–water partition coefficient (Wildman–Crippen LogP) is 4.68. The number of hydrogen-bond donors (Lipinski definition) is 0. The lowest BCUT2D eigenvalue weighted by Crippen LogP contribution is -2.49. The summed E-state index contributed by atoms with van der Waals surface area (Å²) in [5, 5.41) is 0.726. The van der Waals surface area contributed by atoms with Gasteiger partial charge in [0.05, 0.1) is 11.4 Å². The Bertz CT molecular complexity index is 1270. The van der Waals surface area contributed by atoms with Crippen molar-refractivity contribution in [2.75, 3.05) is 31.1 Å². The Morgan fingerprint density at radius 2 is 1.67 bits per heavy atom. The van der Waals surface area contributed by atoms with Gasteiger partial charge in [-0.3, -0.25) is 4.79 Å². The van der Waals surface area contributed by atoms with E-state index in [0.29, 0.717) is 36.8 Å².